The number of halogens is 1. The predicted molar refractivity (Wildman–Crippen MR) is 102 cm³/mol. The van der Waals surface area contributed by atoms with Gasteiger partial charge in [-0.05, 0) is 53.0 Å². The number of carbonyl (C=O) groups excluding carboxylic acids is 1. The van der Waals surface area contributed by atoms with Crippen LogP contribution in [0, 0.1) is 5.92 Å². The molecule has 6 heteroatoms. The number of nitrogens with zero attached hydrogens (tertiary/aromatic N) is 1. The van der Waals surface area contributed by atoms with Gasteiger partial charge in [0.15, 0.2) is 0 Å². The minimum absolute atomic E-state index is 0.0570. The van der Waals surface area contributed by atoms with Gasteiger partial charge in [-0.1, -0.05) is 19.1 Å². The Morgan fingerprint density at radius 2 is 2.32 bits per heavy atom. The van der Waals surface area contributed by atoms with E-state index in [9.17, 15) is 9.90 Å². The highest BCUT2D eigenvalue weighted by Crippen LogP contribution is 2.45. The van der Waals surface area contributed by atoms with E-state index in [0.717, 1.165) is 24.0 Å². The molecule has 2 heterocycles. The van der Waals surface area contributed by atoms with Crippen molar-refractivity contribution in [1.82, 2.24) is 15.2 Å². The number of carbonyl (C=O) groups is 1. The van der Waals surface area contributed by atoms with Crippen molar-refractivity contribution >= 4 is 32.7 Å². The van der Waals surface area contributed by atoms with Gasteiger partial charge in [-0.2, -0.15) is 0 Å². The summed E-state index contributed by atoms with van der Waals surface area (Å²) in [5.74, 6) is -0.00382. The second-order valence-electron chi connectivity index (χ2n) is 7.53. The number of hydrogen-bond donors (Lipinski definition) is 3. The van der Waals surface area contributed by atoms with Gasteiger partial charge >= 0.3 is 0 Å². The van der Waals surface area contributed by atoms with Gasteiger partial charge in [0.25, 0.3) is 0 Å². The summed E-state index contributed by atoms with van der Waals surface area (Å²) < 4.78 is 1.09. The van der Waals surface area contributed by atoms with Crippen LogP contribution in [-0.4, -0.2) is 53.2 Å². The summed E-state index contributed by atoms with van der Waals surface area (Å²) >= 11 is 3.69. The number of piperidine rings is 1. The Balaban J connectivity index is 1.66. The molecule has 0 spiro atoms. The topological polar surface area (TPSA) is 68.4 Å². The molecule has 5 nitrogen and oxygen atoms in total. The van der Waals surface area contributed by atoms with E-state index < -0.39 is 0 Å². The van der Waals surface area contributed by atoms with Crippen molar-refractivity contribution < 1.29 is 9.90 Å². The first-order valence-electron chi connectivity index (χ1n) is 8.90. The second kappa shape index (κ2) is 6.41. The molecule has 4 rings (SSSR count). The number of benzene rings is 1. The maximum Gasteiger partial charge on any atom is 0.225 e. The van der Waals surface area contributed by atoms with Crippen LogP contribution in [0.4, 0.5) is 0 Å². The zero-order valence-corrected chi connectivity index (χ0v) is 16.1. The van der Waals surface area contributed by atoms with Crippen LogP contribution in [0.15, 0.2) is 22.8 Å². The van der Waals surface area contributed by atoms with Gasteiger partial charge in [-0.15, -0.1) is 0 Å². The maximum absolute atomic E-state index is 12.2. The van der Waals surface area contributed by atoms with Crippen molar-refractivity contribution in [3.05, 3.63) is 33.9 Å². The molecule has 1 amide bonds. The Labute approximate surface area is 155 Å². The smallest absolute Gasteiger partial charge is 0.225 e. The summed E-state index contributed by atoms with van der Waals surface area (Å²) in [7, 11) is 2.15. The van der Waals surface area contributed by atoms with Crippen LogP contribution in [0.5, 0.6) is 0 Å². The fraction of sp³-hybridized carbons (Fsp3) is 0.526. The second-order valence-corrected chi connectivity index (χ2v) is 8.32. The van der Waals surface area contributed by atoms with E-state index in [1.807, 2.05) is 0 Å². The quantitative estimate of drug-likeness (QED) is 0.734. The third kappa shape index (κ3) is 2.80. The van der Waals surface area contributed by atoms with Gasteiger partial charge in [0.1, 0.15) is 0 Å². The SMILES string of the molecule is CC(CO)C(=O)NC1CC2c3cccc4[nH]c(Br)c(c34)C[C@H]2N(C)C1. The highest BCUT2D eigenvalue weighted by molar-refractivity contribution is 9.10. The standard InChI is InChI=1S/C19H24BrN3O2/c1-10(9-24)19(25)21-11-6-13-12-4-3-5-15-17(12)14(18(20)22-15)7-16(13)23(2)8-11/h3-5,10-11,13,16,22,24H,6-9H2,1-2H3,(H,21,25)/t10?,11?,13?,16-/m1/s1. The van der Waals surface area contributed by atoms with Crippen LogP contribution in [0.2, 0.25) is 0 Å². The molecule has 1 aliphatic carbocycles. The average molecular weight is 406 g/mol. The van der Waals surface area contributed by atoms with Crippen molar-refractivity contribution in [1.29, 1.82) is 0 Å². The molecule has 1 saturated heterocycles. The monoisotopic (exact) mass is 405 g/mol. The summed E-state index contributed by atoms with van der Waals surface area (Å²) in [6.45, 7) is 2.49. The molecule has 0 radical (unpaired) electrons. The normalized spacial score (nSPS) is 27.1. The molecule has 3 unspecified atom stereocenters. The molecule has 0 bridgehead atoms. The van der Waals surface area contributed by atoms with E-state index in [2.05, 4.69) is 56.4 Å². The number of rotatable bonds is 3. The number of H-pyrrole nitrogens is 1. The lowest BCUT2D eigenvalue weighted by Crippen LogP contribution is -2.55. The Kier molecular flexibility index (Phi) is 4.38. The molecule has 1 aliphatic heterocycles. The van der Waals surface area contributed by atoms with Crippen LogP contribution >= 0.6 is 15.9 Å². The van der Waals surface area contributed by atoms with Gasteiger partial charge in [-0.3, -0.25) is 4.79 Å². The third-order valence-corrected chi connectivity index (χ3v) is 6.54. The summed E-state index contributed by atoms with van der Waals surface area (Å²) in [5.41, 5.74) is 3.93. The van der Waals surface area contributed by atoms with Gasteiger partial charge in [-0.25, -0.2) is 0 Å². The molecular weight excluding hydrogens is 382 g/mol. The number of fused-ring (bicyclic) bond motifs is 2. The molecule has 4 atom stereocenters. The number of aliphatic hydroxyl groups excluding tert-OH is 1. The van der Waals surface area contributed by atoms with Crippen molar-refractivity contribution in [3.8, 4) is 0 Å². The van der Waals surface area contributed by atoms with Gasteiger partial charge in [0.05, 0.1) is 17.1 Å². The number of aromatic amines is 1. The number of nitrogens with one attached hydrogen (secondary N) is 2. The molecule has 2 aliphatic rings. The molecule has 25 heavy (non-hydrogen) atoms. The molecule has 134 valence electrons. The Bertz CT molecular complexity index is 818. The van der Waals surface area contributed by atoms with Crippen LogP contribution < -0.4 is 5.32 Å². The number of likely N-dealkylation sites (tertiary alicyclic amines) is 1. The zero-order chi connectivity index (χ0) is 17.7. The van der Waals surface area contributed by atoms with E-state index in [0.29, 0.717) is 12.0 Å². The summed E-state index contributed by atoms with van der Waals surface area (Å²) in [6, 6.07) is 7.04. The Morgan fingerprint density at radius 1 is 1.52 bits per heavy atom. The molecule has 1 fully saturated rings. The van der Waals surface area contributed by atoms with Crippen molar-refractivity contribution in [3.63, 3.8) is 0 Å². The van der Waals surface area contributed by atoms with E-state index in [-0.39, 0.29) is 24.5 Å². The minimum atomic E-state index is -0.356. The predicted octanol–water partition coefficient (Wildman–Crippen LogP) is 2.39. The van der Waals surface area contributed by atoms with Crippen molar-refractivity contribution in [2.45, 2.75) is 37.8 Å². The lowest BCUT2D eigenvalue weighted by atomic mass is 9.74. The van der Waals surface area contributed by atoms with Crippen LogP contribution in [0.1, 0.15) is 30.4 Å². The molecule has 1 aromatic carbocycles. The lowest BCUT2D eigenvalue weighted by molar-refractivity contribution is -0.126. The van der Waals surface area contributed by atoms with E-state index in [1.165, 1.54) is 22.0 Å². The molecule has 0 saturated carbocycles. The molecular formula is C19H24BrN3O2. The van der Waals surface area contributed by atoms with E-state index in [4.69, 9.17) is 0 Å². The number of amides is 1. The maximum atomic E-state index is 12.2. The highest BCUT2D eigenvalue weighted by atomic mass is 79.9. The third-order valence-electron chi connectivity index (χ3n) is 5.87. The van der Waals surface area contributed by atoms with E-state index >= 15 is 0 Å². The molecule has 3 N–H and O–H groups in total. The number of aromatic nitrogens is 1. The fourth-order valence-corrected chi connectivity index (χ4v) is 5.09. The van der Waals surface area contributed by atoms with Crippen molar-refractivity contribution in [2.75, 3.05) is 20.2 Å². The molecule has 2 aromatic rings. The minimum Gasteiger partial charge on any atom is -0.396 e. The summed E-state index contributed by atoms with van der Waals surface area (Å²) in [4.78, 5) is 18.0. The average Bonchev–Trinajstić information content (AvgIpc) is 2.92. The van der Waals surface area contributed by atoms with Crippen LogP contribution in [0.3, 0.4) is 0 Å². The number of aliphatic hydroxyl groups is 1. The van der Waals surface area contributed by atoms with Gasteiger partial charge in [0, 0.05) is 35.4 Å². The first kappa shape index (κ1) is 17.1. The van der Waals surface area contributed by atoms with Gasteiger partial charge in [0.2, 0.25) is 5.91 Å². The zero-order valence-electron chi connectivity index (χ0n) is 14.6. The Hall–Kier alpha value is -1.37. The first-order valence-corrected chi connectivity index (χ1v) is 9.69. The van der Waals surface area contributed by atoms with Gasteiger partial charge < -0.3 is 20.3 Å². The summed E-state index contributed by atoms with van der Waals surface area (Å²) in [5, 5.41) is 13.7. The highest BCUT2D eigenvalue weighted by Gasteiger charge is 2.40. The van der Waals surface area contributed by atoms with E-state index in [1.54, 1.807) is 6.92 Å². The molecule has 1 aromatic heterocycles. The Morgan fingerprint density at radius 3 is 3.08 bits per heavy atom. The largest absolute Gasteiger partial charge is 0.396 e. The van der Waals surface area contributed by atoms with Crippen LogP contribution in [0.25, 0.3) is 10.9 Å². The lowest BCUT2D eigenvalue weighted by Gasteiger charge is -2.45. The fourth-order valence-electron chi connectivity index (χ4n) is 4.52. The number of likely N-dealkylation sites (N-methyl/N-ethyl adjacent to an activating group) is 1. The number of hydrogen-bond acceptors (Lipinski definition) is 3. The first-order chi connectivity index (χ1) is 12.0. The van der Waals surface area contributed by atoms with Crippen molar-refractivity contribution in [2.24, 2.45) is 5.92 Å². The summed E-state index contributed by atoms with van der Waals surface area (Å²) in [6.07, 6.45) is 1.97. The van der Waals surface area contributed by atoms with Crippen LogP contribution in [-0.2, 0) is 11.2 Å².